The van der Waals surface area contributed by atoms with Crippen LogP contribution in [0.2, 0.25) is 0 Å². The number of amides is 2. The van der Waals surface area contributed by atoms with Crippen LogP contribution in [0.15, 0.2) is 102 Å². The summed E-state index contributed by atoms with van der Waals surface area (Å²) in [6.45, 7) is 6.25. The van der Waals surface area contributed by atoms with Crippen LogP contribution in [0.1, 0.15) is 41.9 Å². The lowest BCUT2D eigenvalue weighted by molar-refractivity contribution is 0.177. The van der Waals surface area contributed by atoms with Gasteiger partial charge in [0.2, 0.25) is 0 Å². The largest absolute Gasteiger partial charge is 0.322 e. The molecule has 40 heavy (non-hydrogen) atoms. The number of hydrogen-bond donors (Lipinski definition) is 1. The smallest absolute Gasteiger partial charge is 0.310 e. The Bertz CT molecular complexity index is 1730. The predicted octanol–water partition coefficient (Wildman–Crippen LogP) is 7.33. The molecule has 1 N–H and O–H groups in total. The van der Waals surface area contributed by atoms with Gasteiger partial charge in [-0.2, -0.15) is 0 Å². The summed E-state index contributed by atoms with van der Waals surface area (Å²) in [4.78, 5) is 34.5. The number of fused-ring (bicyclic) bond motifs is 1. The van der Waals surface area contributed by atoms with Crippen LogP contribution in [-0.2, 0) is 6.54 Å². The number of hydrogen-bond acceptors (Lipinski definition) is 3. The first-order chi connectivity index (χ1) is 19.4. The van der Waals surface area contributed by atoms with Crippen molar-refractivity contribution in [3.8, 4) is 5.69 Å². The van der Waals surface area contributed by atoms with Crippen molar-refractivity contribution < 1.29 is 9.18 Å². The van der Waals surface area contributed by atoms with E-state index < -0.39 is 17.9 Å². The fraction of sp³-hybridized carbons (Fsp3) is 0.182. The molecule has 5 rings (SSSR count). The van der Waals surface area contributed by atoms with E-state index in [1.165, 1.54) is 12.1 Å². The zero-order valence-electron chi connectivity index (χ0n) is 22.8. The minimum Gasteiger partial charge on any atom is -0.310 e. The summed E-state index contributed by atoms with van der Waals surface area (Å²) < 4.78 is 15.6. The van der Waals surface area contributed by atoms with E-state index in [0.717, 1.165) is 16.7 Å². The number of para-hydroxylation sites is 1. The van der Waals surface area contributed by atoms with Crippen LogP contribution < -0.4 is 10.9 Å². The van der Waals surface area contributed by atoms with Crippen molar-refractivity contribution >= 4 is 22.6 Å². The second kappa shape index (κ2) is 11.5. The fourth-order valence-corrected chi connectivity index (χ4v) is 4.90. The number of nitrogens with zero attached hydrogens (tertiary/aromatic N) is 3. The van der Waals surface area contributed by atoms with E-state index in [9.17, 15) is 14.0 Å². The maximum Gasteiger partial charge on any atom is 0.322 e. The van der Waals surface area contributed by atoms with Gasteiger partial charge in [-0.05, 0) is 79.4 Å². The Balaban J connectivity index is 1.69. The first-order valence-electron chi connectivity index (χ1n) is 13.3. The molecule has 1 atom stereocenters. The summed E-state index contributed by atoms with van der Waals surface area (Å²) in [6.07, 6.45) is 0.485. The van der Waals surface area contributed by atoms with Crippen molar-refractivity contribution in [2.24, 2.45) is 0 Å². The van der Waals surface area contributed by atoms with E-state index in [1.54, 1.807) is 27.7 Å². The molecular weight excluding hydrogens is 503 g/mol. The van der Waals surface area contributed by atoms with E-state index in [4.69, 9.17) is 4.98 Å². The average Bonchev–Trinajstić information content (AvgIpc) is 2.95. The molecule has 1 unspecified atom stereocenters. The van der Waals surface area contributed by atoms with Crippen LogP contribution in [0.4, 0.5) is 14.9 Å². The lowest BCUT2D eigenvalue weighted by atomic mass is 10.1. The molecule has 6 nitrogen and oxygen atoms in total. The van der Waals surface area contributed by atoms with Crippen LogP contribution in [0.25, 0.3) is 16.6 Å². The first kappa shape index (κ1) is 26.8. The van der Waals surface area contributed by atoms with Gasteiger partial charge in [0.1, 0.15) is 11.6 Å². The van der Waals surface area contributed by atoms with Crippen molar-refractivity contribution in [1.29, 1.82) is 0 Å². The maximum atomic E-state index is 14.0. The highest BCUT2D eigenvalue weighted by Gasteiger charge is 2.29. The normalized spacial score (nSPS) is 11.8. The molecule has 5 aromatic rings. The second-order valence-electron chi connectivity index (χ2n) is 9.87. The van der Waals surface area contributed by atoms with Crippen molar-refractivity contribution in [2.75, 3.05) is 5.32 Å². The third-order valence-corrected chi connectivity index (χ3v) is 7.14. The molecule has 0 aliphatic carbocycles. The molecule has 0 bridgehead atoms. The van der Waals surface area contributed by atoms with Gasteiger partial charge in [0.15, 0.2) is 0 Å². The summed E-state index contributed by atoms with van der Waals surface area (Å²) in [6, 6.07) is 27.5. The predicted molar refractivity (Wildman–Crippen MR) is 157 cm³/mol. The molecule has 0 fully saturated rings. The van der Waals surface area contributed by atoms with Crippen LogP contribution >= 0.6 is 0 Å². The Morgan fingerprint density at radius 2 is 1.68 bits per heavy atom. The average molecular weight is 535 g/mol. The zero-order valence-corrected chi connectivity index (χ0v) is 22.8. The van der Waals surface area contributed by atoms with Crippen LogP contribution in [-0.4, -0.2) is 20.5 Å². The van der Waals surface area contributed by atoms with Crippen LogP contribution in [0, 0.1) is 19.7 Å². The number of nitrogens with one attached hydrogen (secondary N) is 1. The summed E-state index contributed by atoms with van der Waals surface area (Å²) >= 11 is 0. The molecule has 7 heteroatoms. The monoisotopic (exact) mass is 534 g/mol. The number of aromatic nitrogens is 2. The summed E-state index contributed by atoms with van der Waals surface area (Å²) in [7, 11) is 0. The highest BCUT2D eigenvalue weighted by Crippen LogP contribution is 2.29. The molecular formula is C33H31FN4O2. The molecule has 0 radical (unpaired) electrons. The third kappa shape index (κ3) is 5.50. The second-order valence-corrected chi connectivity index (χ2v) is 9.87. The zero-order chi connectivity index (χ0) is 28.2. The SMILES string of the molecule is CCC(c1nc2ccccc2c(=O)n1-c1ccc(C)c(C)c1)N(Cc1ccccc1)C(=O)Nc1cccc(F)c1. The number of urea groups is 1. The van der Waals surface area contributed by atoms with Gasteiger partial charge in [0.05, 0.1) is 22.6 Å². The molecule has 0 spiro atoms. The number of carbonyl (C=O) groups excluding carboxylic acids is 1. The molecule has 4 aromatic carbocycles. The molecule has 0 saturated carbocycles. The van der Waals surface area contributed by atoms with Crippen LogP contribution in [0.5, 0.6) is 0 Å². The maximum absolute atomic E-state index is 14.0. The molecule has 2 amide bonds. The molecule has 1 heterocycles. The van der Waals surface area contributed by atoms with E-state index in [-0.39, 0.29) is 12.1 Å². The Morgan fingerprint density at radius 1 is 0.925 bits per heavy atom. The standard InChI is InChI=1S/C33H31FN4O2/c1-4-30(37(21-24-11-6-5-7-12-24)33(40)35-26-14-10-13-25(34)20-26)31-36-29-16-9-8-15-28(29)32(39)38(31)27-18-17-22(2)23(3)19-27/h5-20,30H,4,21H2,1-3H3,(H,35,40). The van der Waals surface area contributed by atoms with Gasteiger partial charge in [-0.3, -0.25) is 9.36 Å². The number of halogens is 1. The van der Waals surface area contributed by atoms with Crippen molar-refractivity contribution in [1.82, 2.24) is 14.5 Å². The van der Waals surface area contributed by atoms with Gasteiger partial charge in [0.25, 0.3) is 5.56 Å². The Labute approximate surface area is 232 Å². The van der Waals surface area contributed by atoms with Gasteiger partial charge >= 0.3 is 6.03 Å². The van der Waals surface area contributed by atoms with Crippen molar-refractivity contribution in [2.45, 2.75) is 39.8 Å². The van der Waals surface area contributed by atoms with E-state index in [0.29, 0.717) is 34.5 Å². The van der Waals surface area contributed by atoms with E-state index >= 15 is 0 Å². The molecule has 0 saturated heterocycles. The first-order valence-corrected chi connectivity index (χ1v) is 13.3. The third-order valence-electron chi connectivity index (χ3n) is 7.14. The lowest BCUT2D eigenvalue weighted by Gasteiger charge is -2.32. The van der Waals surface area contributed by atoms with Gasteiger partial charge in [-0.15, -0.1) is 0 Å². The van der Waals surface area contributed by atoms with Crippen LogP contribution in [0.3, 0.4) is 0 Å². The highest BCUT2D eigenvalue weighted by atomic mass is 19.1. The lowest BCUT2D eigenvalue weighted by Crippen LogP contribution is -2.40. The fourth-order valence-electron chi connectivity index (χ4n) is 4.90. The van der Waals surface area contributed by atoms with E-state index in [1.807, 2.05) is 87.5 Å². The van der Waals surface area contributed by atoms with Gasteiger partial charge < -0.3 is 10.2 Å². The van der Waals surface area contributed by atoms with E-state index in [2.05, 4.69) is 5.32 Å². The minimum atomic E-state index is -0.576. The Kier molecular flexibility index (Phi) is 7.73. The van der Waals surface area contributed by atoms with Gasteiger partial charge in [0, 0.05) is 12.2 Å². The molecule has 1 aromatic heterocycles. The number of benzene rings is 4. The highest BCUT2D eigenvalue weighted by molar-refractivity contribution is 5.89. The quantitative estimate of drug-likeness (QED) is 0.238. The summed E-state index contributed by atoms with van der Waals surface area (Å²) in [5, 5.41) is 3.35. The molecule has 0 aliphatic rings. The minimum absolute atomic E-state index is 0.201. The topological polar surface area (TPSA) is 67.2 Å². The van der Waals surface area contributed by atoms with Crippen molar-refractivity contribution in [3.05, 3.63) is 136 Å². The van der Waals surface area contributed by atoms with Gasteiger partial charge in [-0.25, -0.2) is 14.2 Å². The molecule has 202 valence electrons. The van der Waals surface area contributed by atoms with Crippen molar-refractivity contribution in [3.63, 3.8) is 0 Å². The number of aryl methyl sites for hydroxylation is 2. The molecule has 0 aliphatic heterocycles. The number of anilines is 1. The van der Waals surface area contributed by atoms with Gasteiger partial charge in [-0.1, -0.05) is 61.5 Å². The number of carbonyl (C=O) groups is 1. The summed E-state index contributed by atoms with van der Waals surface area (Å²) in [5.74, 6) is 0.0130. The Morgan fingerprint density at radius 3 is 2.40 bits per heavy atom. The Hall–Kier alpha value is -4.78. The number of rotatable bonds is 7. The summed E-state index contributed by atoms with van der Waals surface area (Å²) in [5.41, 5.74) is 4.46.